The van der Waals surface area contributed by atoms with Crippen molar-refractivity contribution in [2.75, 3.05) is 24.4 Å². The third-order valence-electron chi connectivity index (χ3n) is 2.66. The molecule has 0 saturated carbocycles. The molecule has 90 valence electrons. The van der Waals surface area contributed by atoms with Gasteiger partial charge >= 0.3 is 0 Å². The zero-order valence-electron chi connectivity index (χ0n) is 8.59. The molecule has 0 bridgehead atoms. The van der Waals surface area contributed by atoms with E-state index in [4.69, 9.17) is 11.6 Å². The zero-order chi connectivity index (χ0) is 11.9. The maximum Gasteiger partial charge on any atom is 0.262 e. The summed E-state index contributed by atoms with van der Waals surface area (Å²) >= 11 is 6.72. The number of halogens is 1. The van der Waals surface area contributed by atoms with Gasteiger partial charge in [-0.2, -0.15) is 4.99 Å². The molecule has 0 unspecified atom stereocenters. The third-order valence-corrected chi connectivity index (χ3v) is 6.19. The zero-order valence-corrected chi connectivity index (χ0v) is 11.0. The Bertz CT molecular complexity index is 448. The van der Waals surface area contributed by atoms with Gasteiger partial charge in [0.2, 0.25) is 0 Å². The summed E-state index contributed by atoms with van der Waals surface area (Å²) in [7, 11) is -1.16. The van der Waals surface area contributed by atoms with Crippen LogP contribution in [-0.4, -0.2) is 60.1 Å². The Hall–Kier alpha value is -0.270. The van der Waals surface area contributed by atoms with E-state index in [1.54, 1.807) is 11.9 Å². The van der Waals surface area contributed by atoms with Crippen molar-refractivity contribution in [3.8, 4) is 0 Å². The topological polar surface area (TPSA) is 66.8 Å². The highest BCUT2D eigenvalue weighted by atomic mass is 35.5. The van der Waals surface area contributed by atoms with Gasteiger partial charge in [-0.05, 0) is 0 Å². The monoisotopic (exact) mass is 282 g/mol. The summed E-state index contributed by atoms with van der Waals surface area (Å²) in [4.78, 5) is 16.7. The van der Waals surface area contributed by atoms with Crippen LogP contribution in [0.5, 0.6) is 0 Å². The highest BCUT2D eigenvalue weighted by molar-refractivity contribution is 8.15. The number of nitrogens with zero attached hydrogens (tertiary/aromatic N) is 2. The normalized spacial score (nSPS) is 34.4. The minimum atomic E-state index is -2.92. The number of amides is 1. The average Bonchev–Trinajstić information content (AvgIpc) is 2.63. The summed E-state index contributed by atoms with van der Waals surface area (Å²) in [6.45, 7) is 0. The van der Waals surface area contributed by atoms with Crippen LogP contribution >= 0.6 is 23.4 Å². The molecule has 2 aliphatic heterocycles. The largest absolute Gasteiger partial charge is 0.349 e. The van der Waals surface area contributed by atoms with E-state index in [0.717, 1.165) is 0 Å². The molecule has 2 fully saturated rings. The number of aliphatic imine (C=N–C) groups is 1. The molecule has 2 heterocycles. The Kier molecular flexibility index (Phi) is 3.20. The summed E-state index contributed by atoms with van der Waals surface area (Å²) in [5.74, 6) is -0.222. The van der Waals surface area contributed by atoms with Gasteiger partial charge in [-0.25, -0.2) is 8.42 Å². The van der Waals surface area contributed by atoms with E-state index in [2.05, 4.69) is 4.99 Å². The van der Waals surface area contributed by atoms with Crippen molar-refractivity contribution in [2.45, 2.75) is 11.3 Å². The summed E-state index contributed by atoms with van der Waals surface area (Å²) < 4.78 is 22.8. The Morgan fingerprint density at radius 2 is 2.31 bits per heavy atom. The van der Waals surface area contributed by atoms with E-state index < -0.39 is 9.84 Å². The van der Waals surface area contributed by atoms with Crippen LogP contribution in [0.25, 0.3) is 0 Å². The second kappa shape index (κ2) is 4.19. The molecular formula is C8H11ClN2O3S2. The van der Waals surface area contributed by atoms with Crippen molar-refractivity contribution < 1.29 is 13.2 Å². The standard InChI is InChI=1S/C8H11ClN2O3S2/c1-11-5-3-16(13,14)4-6(5)15-8(11)10-7(12)2-9/h5-6H,2-4H2,1H3/t5-,6-/m1/s1. The summed E-state index contributed by atoms with van der Waals surface area (Å²) in [5.41, 5.74) is 0. The van der Waals surface area contributed by atoms with Gasteiger partial charge < -0.3 is 4.90 Å². The molecule has 2 aliphatic rings. The third kappa shape index (κ3) is 2.21. The van der Waals surface area contributed by atoms with Crippen molar-refractivity contribution in [1.82, 2.24) is 4.90 Å². The van der Waals surface area contributed by atoms with Gasteiger partial charge in [-0.3, -0.25) is 4.79 Å². The van der Waals surface area contributed by atoms with E-state index in [9.17, 15) is 13.2 Å². The second-order valence-electron chi connectivity index (χ2n) is 3.83. The fourth-order valence-corrected chi connectivity index (χ4v) is 5.95. The SMILES string of the molecule is CN1C(=NC(=O)CCl)S[C@@H]2CS(=O)(=O)C[C@H]21. The van der Waals surface area contributed by atoms with Crippen LogP contribution < -0.4 is 0 Å². The fourth-order valence-electron chi connectivity index (χ4n) is 1.87. The second-order valence-corrected chi connectivity index (χ2v) is 7.46. The van der Waals surface area contributed by atoms with Gasteiger partial charge in [0.05, 0.1) is 17.5 Å². The predicted molar refractivity (Wildman–Crippen MR) is 64.7 cm³/mol. The number of carbonyl (C=O) groups is 1. The number of alkyl halides is 1. The van der Waals surface area contributed by atoms with Crippen molar-refractivity contribution in [3.63, 3.8) is 0 Å². The number of rotatable bonds is 1. The predicted octanol–water partition coefficient (Wildman–Crippen LogP) is -0.0480. The summed E-state index contributed by atoms with van der Waals surface area (Å²) in [5, 5.41) is 0.576. The molecule has 8 heteroatoms. The van der Waals surface area contributed by atoms with E-state index >= 15 is 0 Å². The van der Waals surface area contributed by atoms with Crippen LogP contribution in [0.1, 0.15) is 0 Å². The first-order valence-electron chi connectivity index (χ1n) is 4.70. The molecule has 0 aromatic carbocycles. The van der Waals surface area contributed by atoms with Crippen molar-refractivity contribution in [3.05, 3.63) is 0 Å². The van der Waals surface area contributed by atoms with Crippen LogP contribution in [0.2, 0.25) is 0 Å². The number of carbonyl (C=O) groups excluding carboxylic acids is 1. The van der Waals surface area contributed by atoms with Crippen LogP contribution in [0.15, 0.2) is 4.99 Å². The highest BCUT2D eigenvalue weighted by Gasteiger charge is 2.47. The van der Waals surface area contributed by atoms with Crippen molar-refractivity contribution in [1.29, 1.82) is 0 Å². The van der Waals surface area contributed by atoms with E-state index in [1.807, 2.05) is 0 Å². The lowest BCUT2D eigenvalue weighted by molar-refractivity contribution is -0.115. The highest BCUT2D eigenvalue weighted by Crippen LogP contribution is 2.36. The first-order valence-corrected chi connectivity index (χ1v) is 7.94. The quantitative estimate of drug-likeness (QED) is 0.631. The van der Waals surface area contributed by atoms with Gasteiger partial charge in [0.25, 0.3) is 5.91 Å². The van der Waals surface area contributed by atoms with Crippen molar-refractivity contribution >= 4 is 44.3 Å². The van der Waals surface area contributed by atoms with Gasteiger partial charge in [-0.1, -0.05) is 11.8 Å². The lowest BCUT2D eigenvalue weighted by Gasteiger charge is -2.17. The molecule has 0 spiro atoms. The Morgan fingerprint density at radius 1 is 1.62 bits per heavy atom. The molecule has 0 N–H and O–H groups in total. The molecule has 0 aromatic rings. The number of sulfone groups is 1. The minimum Gasteiger partial charge on any atom is -0.349 e. The Morgan fingerprint density at radius 3 is 2.88 bits per heavy atom. The first-order chi connectivity index (χ1) is 7.43. The van der Waals surface area contributed by atoms with E-state index in [1.165, 1.54) is 11.8 Å². The maximum absolute atomic E-state index is 11.4. The van der Waals surface area contributed by atoms with Gasteiger partial charge in [-0.15, -0.1) is 11.6 Å². The molecule has 2 saturated heterocycles. The molecular weight excluding hydrogens is 272 g/mol. The molecule has 5 nitrogen and oxygen atoms in total. The molecule has 0 aliphatic carbocycles. The van der Waals surface area contributed by atoms with Crippen LogP contribution in [0.4, 0.5) is 0 Å². The summed E-state index contributed by atoms with van der Waals surface area (Å²) in [6.07, 6.45) is 0. The first kappa shape index (κ1) is 12.2. The van der Waals surface area contributed by atoms with E-state index in [-0.39, 0.29) is 34.6 Å². The number of thioether (sulfide) groups is 1. The fraction of sp³-hybridized carbons (Fsp3) is 0.750. The minimum absolute atomic E-state index is 0.00289. The van der Waals surface area contributed by atoms with Gasteiger partial charge in [0.1, 0.15) is 5.88 Å². The lowest BCUT2D eigenvalue weighted by Crippen LogP contribution is -2.34. The Labute approximate surface area is 103 Å². The Balaban J connectivity index is 2.17. The summed E-state index contributed by atoms with van der Waals surface area (Å²) in [6, 6.07) is -0.0584. The van der Waals surface area contributed by atoms with E-state index in [0.29, 0.717) is 5.17 Å². The van der Waals surface area contributed by atoms with Crippen LogP contribution in [-0.2, 0) is 14.6 Å². The van der Waals surface area contributed by atoms with Crippen LogP contribution in [0, 0.1) is 0 Å². The molecule has 2 rings (SSSR count). The number of fused-ring (bicyclic) bond motifs is 1. The number of hydrogen-bond donors (Lipinski definition) is 0. The van der Waals surface area contributed by atoms with Crippen molar-refractivity contribution in [2.24, 2.45) is 4.99 Å². The molecule has 0 aromatic heterocycles. The number of hydrogen-bond acceptors (Lipinski definition) is 4. The molecule has 16 heavy (non-hydrogen) atoms. The average molecular weight is 283 g/mol. The number of amidine groups is 1. The van der Waals surface area contributed by atoms with Gasteiger partial charge in [0.15, 0.2) is 15.0 Å². The lowest BCUT2D eigenvalue weighted by atomic mass is 10.2. The smallest absolute Gasteiger partial charge is 0.262 e. The molecule has 1 amide bonds. The maximum atomic E-state index is 11.4. The van der Waals surface area contributed by atoms with Crippen LogP contribution in [0.3, 0.4) is 0 Å². The molecule has 2 atom stereocenters. The molecule has 0 radical (unpaired) electrons. The van der Waals surface area contributed by atoms with Gasteiger partial charge in [0, 0.05) is 12.3 Å².